The Bertz CT molecular complexity index is 603. The maximum atomic E-state index is 12.4. The first-order valence-electron chi connectivity index (χ1n) is 7.33. The van der Waals surface area contributed by atoms with Gasteiger partial charge in [-0.25, -0.2) is 4.79 Å². The lowest BCUT2D eigenvalue weighted by molar-refractivity contribution is -0.143. The standard InChI is InChI=1S/C16H21BrN2O3/c1-9-4-12(15(20)21)8-19(7-9)16(22)18-14-6-13(17)10(2)5-11(14)3/h5-6,9,12H,4,7-8H2,1-3H3,(H,18,22)(H,20,21). The van der Waals surface area contributed by atoms with Gasteiger partial charge in [0.2, 0.25) is 0 Å². The fourth-order valence-corrected chi connectivity index (χ4v) is 3.19. The Hall–Kier alpha value is -1.56. The van der Waals surface area contributed by atoms with E-state index in [4.69, 9.17) is 0 Å². The quantitative estimate of drug-likeness (QED) is 0.836. The van der Waals surface area contributed by atoms with Crippen LogP contribution in [0.1, 0.15) is 24.5 Å². The zero-order valence-corrected chi connectivity index (χ0v) is 14.6. The molecule has 2 atom stereocenters. The van der Waals surface area contributed by atoms with Crippen molar-refractivity contribution in [2.24, 2.45) is 11.8 Å². The van der Waals surface area contributed by atoms with Crippen LogP contribution < -0.4 is 5.32 Å². The van der Waals surface area contributed by atoms with Crippen LogP contribution in [-0.4, -0.2) is 35.1 Å². The summed E-state index contributed by atoms with van der Waals surface area (Å²) in [6.45, 7) is 6.75. The number of piperidine rings is 1. The molecule has 1 aromatic carbocycles. The van der Waals surface area contributed by atoms with Crippen molar-refractivity contribution >= 4 is 33.6 Å². The number of hydrogen-bond acceptors (Lipinski definition) is 2. The molecule has 1 aliphatic heterocycles. The third kappa shape index (κ3) is 3.80. The summed E-state index contributed by atoms with van der Waals surface area (Å²) in [4.78, 5) is 25.2. The number of likely N-dealkylation sites (tertiary alicyclic amines) is 1. The van der Waals surface area contributed by atoms with Crippen molar-refractivity contribution in [1.29, 1.82) is 0 Å². The monoisotopic (exact) mass is 368 g/mol. The van der Waals surface area contributed by atoms with Crippen LogP contribution in [0.4, 0.5) is 10.5 Å². The Labute approximate surface area is 138 Å². The first kappa shape index (κ1) is 16.8. The number of nitrogens with one attached hydrogen (secondary N) is 1. The third-order valence-corrected chi connectivity index (χ3v) is 4.90. The van der Waals surface area contributed by atoms with Gasteiger partial charge in [0.05, 0.1) is 5.92 Å². The number of aryl methyl sites for hydroxylation is 2. The number of rotatable bonds is 2. The van der Waals surface area contributed by atoms with Crippen LogP contribution >= 0.6 is 15.9 Å². The van der Waals surface area contributed by atoms with Gasteiger partial charge in [0, 0.05) is 23.2 Å². The zero-order valence-electron chi connectivity index (χ0n) is 13.0. The Morgan fingerprint density at radius 2 is 1.95 bits per heavy atom. The normalized spacial score (nSPS) is 21.5. The Morgan fingerprint density at radius 1 is 1.27 bits per heavy atom. The van der Waals surface area contributed by atoms with Crippen molar-refractivity contribution in [3.05, 3.63) is 27.7 Å². The number of carbonyl (C=O) groups is 2. The minimum Gasteiger partial charge on any atom is -0.481 e. The van der Waals surface area contributed by atoms with Gasteiger partial charge in [-0.15, -0.1) is 0 Å². The van der Waals surface area contributed by atoms with Crippen LogP contribution in [0.2, 0.25) is 0 Å². The smallest absolute Gasteiger partial charge is 0.321 e. The Morgan fingerprint density at radius 3 is 2.59 bits per heavy atom. The molecule has 2 rings (SSSR count). The summed E-state index contributed by atoms with van der Waals surface area (Å²) >= 11 is 3.46. The summed E-state index contributed by atoms with van der Waals surface area (Å²) in [7, 11) is 0. The Kier molecular flexibility index (Phi) is 5.11. The molecule has 1 aromatic rings. The second-order valence-corrected chi connectivity index (χ2v) is 6.98. The lowest BCUT2D eigenvalue weighted by Crippen LogP contribution is -2.47. The minimum absolute atomic E-state index is 0.187. The van der Waals surface area contributed by atoms with Crippen molar-refractivity contribution in [2.75, 3.05) is 18.4 Å². The molecule has 2 unspecified atom stereocenters. The number of benzene rings is 1. The van der Waals surface area contributed by atoms with Gasteiger partial charge >= 0.3 is 12.0 Å². The molecule has 1 fully saturated rings. The number of hydrogen-bond donors (Lipinski definition) is 2. The van der Waals surface area contributed by atoms with Gasteiger partial charge in [0.15, 0.2) is 0 Å². The lowest BCUT2D eigenvalue weighted by Gasteiger charge is -2.34. The minimum atomic E-state index is -0.835. The molecule has 1 heterocycles. The molecule has 0 spiro atoms. The van der Waals surface area contributed by atoms with E-state index in [9.17, 15) is 14.7 Å². The lowest BCUT2D eigenvalue weighted by atomic mass is 9.91. The molecular formula is C16H21BrN2O3. The summed E-state index contributed by atoms with van der Waals surface area (Å²) in [5.41, 5.74) is 2.83. The Balaban J connectivity index is 2.11. The van der Waals surface area contributed by atoms with Crippen molar-refractivity contribution < 1.29 is 14.7 Å². The van der Waals surface area contributed by atoms with Crippen LogP contribution in [-0.2, 0) is 4.79 Å². The van der Waals surface area contributed by atoms with E-state index in [2.05, 4.69) is 21.2 Å². The number of anilines is 1. The number of halogens is 1. The van der Waals surface area contributed by atoms with E-state index in [1.807, 2.05) is 32.9 Å². The zero-order chi connectivity index (χ0) is 16.4. The molecule has 0 radical (unpaired) electrons. The SMILES string of the molecule is Cc1cc(C)c(NC(=O)N2CC(C)CC(C(=O)O)C2)cc1Br. The molecule has 120 valence electrons. The highest BCUT2D eigenvalue weighted by Gasteiger charge is 2.32. The first-order valence-corrected chi connectivity index (χ1v) is 8.12. The van der Waals surface area contributed by atoms with E-state index in [1.165, 1.54) is 0 Å². The van der Waals surface area contributed by atoms with Gasteiger partial charge < -0.3 is 15.3 Å². The predicted octanol–water partition coefficient (Wildman–Crippen LogP) is 3.64. The maximum Gasteiger partial charge on any atom is 0.321 e. The van der Waals surface area contributed by atoms with Crippen LogP contribution in [0.5, 0.6) is 0 Å². The fourth-order valence-electron chi connectivity index (χ4n) is 2.85. The number of carbonyl (C=O) groups excluding carboxylic acids is 1. The van der Waals surface area contributed by atoms with Crippen molar-refractivity contribution in [2.45, 2.75) is 27.2 Å². The van der Waals surface area contributed by atoms with E-state index in [0.29, 0.717) is 13.0 Å². The maximum absolute atomic E-state index is 12.4. The van der Waals surface area contributed by atoms with Crippen LogP contribution in [0.15, 0.2) is 16.6 Å². The van der Waals surface area contributed by atoms with Gasteiger partial charge in [-0.1, -0.05) is 28.9 Å². The number of urea groups is 1. The molecule has 0 aliphatic carbocycles. The van der Waals surface area contributed by atoms with Crippen molar-refractivity contribution in [3.63, 3.8) is 0 Å². The van der Waals surface area contributed by atoms with Crippen LogP contribution in [0.3, 0.4) is 0 Å². The molecule has 1 aliphatic rings. The molecule has 5 nitrogen and oxygen atoms in total. The van der Waals surface area contributed by atoms with E-state index in [0.717, 1.165) is 21.3 Å². The fraction of sp³-hybridized carbons (Fsp3) is 0.500. The molecular weight excluding hydrogens is 348 g/mol. The molecule has 0 bridgehead atoms. The van der Waals surface area contributed by atoms with Crippen LogP contribution in [0.25, 0.3) is 0 Å². The molecule has 6 heteroatoms. The van der Waals surface area contributed by atoms with Gasteiger partial charge in [-0.05, 0) is 43.4 Å². The van der Waals surface area contributed by atoms with E-state index in [1.54, 1.807) is 4.90 Å². The van der Waals surface area contributed by atoms with Crippen molar-refractivity contribution in [1.82, 2.24) is 4.90 Å². The topological polar surface area (TPSA) is 69.6 Å². The number of aliphatic carboxylic acids is 1. The number of nitrogens with zero attached hydrogens (tertiary/aromatic N) is 1. The molecule has 1 saturated heterocycles. The largest absolute Gasteiger partial charge is 0.481 e. The van der Waals surface area contributed by atoms with Crippen molar-refractivity contribution in [3.8, 4) is 0 Å². The number of carboxylic acid groups (broad SMARTS) is 1. The highest BCUT2D eigenvalue weighted by molar-refractivity contribution is 9.10. The van der Waals surface area contributed by atoms with Gasteiger partial charge in [-0.2, -0.15) is 0 Å². The van der Waals surface area contributed by atoms with Crippen LogP contribution in [0, 0.1) is 25.7 Å². The van der Waals surface area contributed by atoms with Gasteiger partial charge in [0.1, 0.15) is 0 Å². The van der Waals surface area contributed by atoms with Gasteiger partial charge in [0.25, 0.3) is 0 Å². The molecule has 0 aromatic heterocycles. The molecule has 22 heavy (non-hydrogen) atoms. The molecule has 0 saturated carbocycles. The number of carboxylic acids is 1. The second kappa shape index (κ2) is 6.69. The highest BCUT2D eigenvalue weighted by atomic mass is 79.9. The molecule has 2 amide bonds. The predicted molar refractivity (Wildman–Crippen MR) is 89.1 cm³/mol. The summed E-state index contributed by atoms with van der Waals surface area (Å²) in [6.07, 6.45) is 0.619. The number of amides is 2. The first-order chi connectivity index (χ1) is 10.3. The second-order valence-electron chi connectivity index (χ2n) is 6.13. The van der Waals surface area contributed by atoms with E-state index >= 15 is 0 Å². The third-order valence-electron chi connectivity index (χ3n) is 4.04. The summed E-state index contributed by atoms with van der Waals surface area (Å²) < 4.78 is 0.934. The highest BCUT2D eigenvalue weighted by Crippen LogP contribution is 2.26. The molecule has 2 N–H and O–H groups in total. The summed E-state index contributed by atoms with van der Waals surface area (Å²) in [5.74, 6) is -1.13. The summed E-state index contributed by atoms with van der Waals surface area (Å²) in [6, 6.07) is 3.64. The average molecular weight is 369 g/mol. The average Bonchev–Trinajstić information content (AvgIpc) is 2.43. The van der Waals surface area contributed by atoms with E-state index < -0.39 is 11.9 Å². The van der Waals surface area contributed by atoms with Gasteiger partial charge in [-0.3, -0.25) is 4.79 Å². The summed E-state index contributed by atoms with van der Waals surface area (Å²) in [5, 5.41) is 12.1. The van der Waals surface area contributed by atoms with E-state index in [-0.39, 0.29) is 18.5 Å².